The summed E-state index contributed by atoms with van der Waals surface area (Å²) < 4.78 is 11.1. The van der Waals surface area contributed by atoms with Gasteiger partial charge in [0.15, 0.2) is 5.76 Å². The van der Waals surface area contributed by atoms with E-state index in [-0.39, 0.29) is 0 Å². The Labute approximate surface area is 111 Å². The van der Waals surface area contributed by atoms with Crippen molar-refractivity contribution >= 4 is 0 Å². The van der Waals surface area contributed by atoms with Gasteiger partial charge in [0.05, 0.1) is 18.9 Å². The number of hydrogen-bond acceptors (Lipinski definition) is 3. The molecule has 0 N–H and O–H groups in total. The van der Waals surface area contributed by atoms with Crippen LogP contribution < -0.4 is 4.74 Å². The van der Waals surface area contributed by atoms with Gasteiger partial charge in [-0.1, -0.05) is 42.5 Å². The van der Waals surface area contributed by atoms with E-state index in [4.69, 9.17) is 9.15 Å². The number of hydrogen-bond donors (Lipinski definition) is 0. The summed E-state index contributed by atoms with van der Waals surface area (Å²) >= 11 is 0. The molecule has 0 aliphatic heterocycles. The molecule has 3 aromatic rings. The molecule has 94 valence electrons. The smallest absolute Gasteiger partial charge is 0.230 e. The van der Waals surface area contributed by atoms with Crippen molar-refractivity contribution in [2.75, 3.05) is 7.11 Å². The van der Waals surface area contributed by atoms with Crippen LogP contribution in [0.1, 0.15) is 0 Å². The summed E-state index contributed by atoms with van der Waals surface area (Å²) in [4.78, 5) is 4.32. The Kier molecular flexibility index (Phi) is 3.02. The Balaban J connectivity index is 2.02. The highest BCUT2D eigenvalue weighted by atomic mass is 16.5. The van der Waals surface area contributed by atoms with E-state index >= 15 is 0 Å². The molecular formula is C16H13NO2. The minimum Gasteiger partial charge on any atom is -0.496 e. The van der Waals surface area contributed by atoms with Crippen molar-refractivity contribution in [3.63, 3.8) is 0 Å². The second-order valence-electron chi connectivity index (χ2n) is 4.10. The van der Waals surface area contributed by atoms with Gasteiger partial charge in [-0.3, -0.25) is 0 Å². The van der Waals surface area contributed by atoms with Gasteiger partial charge >= 0.3 is 0 Å². The molecule has 1 aromatic heterocycles. The molecule has 2 aromatic carbocycles. The lowest BCUT2D eigenvalue weighted by molar-refractivity contribution is 0.414. The quantitative estimate of drug-likeness (QED) is 0.705. The molecule has 3 heteroatoms. The monoisotopic (exact) mass is 251 g/mol. The predicted octanol–water partition coefficient (Wildman–Crippen LogP) is 4.02. The first-order valence-corrected chi connectivity index (χ1v) is 6.03. The van der Waals surface area contributed by atoms with Gasteiger partial charge in [-0.25, -0.2) is 4.98 Å². The maximum atomic E-state index is 5.81. The maximum Gasteiger partial charge on any atom is 0.230 e. The van der Waals surface area contributed by atoms with Crippen LogP contribution >= 0.6 is 0 Å². The van der Waals surface area contributed by atoms with E-state index in [1.165, 1.54) is 0 Å². The number of oxazole rings is 1. The van der Waals surface area contributed by atoms with Crippen LogP contribution in [0.3, 0.4) is 0 Å². The van der Waals surface area contributed by atoms with Crippen molar-refractivity contribution in [1.82, 2.24) is 4.98 Å². The number of methoxy groups -OCH3 is 1. The number of ether oxygens (including phenoxy) is 1. The molecule has 0 radical (unpaired) electrons. The molecule has 0 fully saturated rings. The van der Waals surface area contributed by atoms with Crippen molar-refractivity contribution in [3.05, 3.63) is 60.8 Å². The van der Waals surface area contributed by atoms with E-state index in [1.807, 2.05) is 54.6 Å². The second-order valence-corrected chi connectivity index (χ2v) is 4.10. The van der Waals surface area contributed by atoms with Crippen LogP contribution in [-0.4, -0.2) is 12.1 Å². The van der Waals surface area contributed by atoms with Gasteiger partial charge in [0, 0.05) is 5.56 Å². The summed E-state index contributed by atoms with van der Waals surface area (Å²) in [6, 6.07) is 17.6. The van der Waals surface area contributed by atoms with Crippen molar-refractivity contribution in [2.45, 2.75) is 0 Å². The largest absolute Gasteiger partial charge is 0.496 e. The van der Waals surface area contributed by atoms with Crippen LogP contribution in [0.15, 0.2) is 65.2 Å². The highest BCUT2D eigenvalue weighted by molar-refractivity contribution is 5.65. The average Bonchev–Trinajstić information content (AvgIpc) is 2.98. The summed E-state index contributed by atoms with van der Waals surface area (Å²) in [5.41, 5.74) is 1.86. The van der Waals surface area contributed by atoms with E-state index in [9.17, 15) is 0 Å². The molecule has 0 unspecified atom stereocenters. The van der Waals surface area contributed by atoms with Crippen molar-refractivity contribution in [2.24, 2.45) is 0 Å². The van der Waals surface area contributed by atoms with Crippen molar-refractivity contribution in [3.8, 4) is 28.5 Å². The summed E-state index contributed by atoms with van der Waals surface area (Å²) in [5.74, 6) is 2.07. The fourth-order valence-electron chi connectivity index (χ4n) is 1.96. The molecule has 0 saturated heterocycles. The molecule has 3 rings (SSSR count). The average molecular weight is 251 g/mol. The van der Waals surface area contributed by atoms with Gasteiger partial charge in [0.25, 0.3) is 0 Å². The summed E-state index contributed by atoms with van der Waals surface area (Å²) in [6.07, 6.45) is 1.73. The Morgan fingerprint density at radius 3 is 2.47 bits per heavy atom. The molecule has 0 aliphatic carbocycles. The molecule has 19 heavy (non-hydrogen) atoms. The van der Waals surface area contributed by atoms with E-state index in [1.54, 1.807) is 13.3 Å². The lowest BCUT2D eigenvalue weighted by atomic mass is 10.2. The maximum absolute atomic E-state index is 5.81. The molecule has 0 amide bonds. The molecule has 3 nitrogen and oxygen atoms in total. The van der Waals surface area contributed by atoms with Crippen LogP contribution in [0.2, 0.25) is 0 Å². The fraction of sp³-hybridized carbons (Fsp3) is 0.0625. The molecular weight excluding hydrogens is 238 g/mol. The Hall–Kier alpha value is -2.55. The van der Waals surface area contributed by atoms with E-state index in [0.717, 1.165) is 22.6 Å². The highest BCUT2D eigenvalue weighted by Gasteiger charge is 2.12. The number of rotatable bonds is 3. The van der Waals surface area contributed by atoms with Crippen LogP contribution in [-0.2, 0) is 0 Å². The SMILES string of the molecule is COc1ccccc1-c1ncc(-c2ccccc2)o1. The molecule has 1 heterocycles. The van der Waals surface area contributed by atoms with Gasteiger partial charge in [0.2, 0.25) is 5.89 Å². The molecule has 0 aliphatic rings. The number of aromatic nitrogens is 1. The molecule has 0 spiro atoms. The van der Waals surface area contributed by atoms with E-state index in [0.29, 0.717) is 5.89 Å². The summed E-state index contributed by atoms with van der Waals surface area (Å²) in [6.45, 7) is 0. The third kappa shape index (κ3) is 2.22. The van der Waals surface area contributed by atoms with Gasteiger partial charge in [-0.15, -0.1) is 0 Å². The standard InChI is InChI=1S/C16H13NO2/c1-18-14-10-6-5-9-13(14)16-17-11-15(19-16)12-7-3-2-4-8-12/h2-11H,1H3. The Bertz CT molecular complexity index is 674. The predicted molar refractivity (Wildman–Crippen MR) is 73.9 cm³/mol. The minimum absolute atomic E-state index is 0.566. The zero-order valence-corrected chi connectivity index (χ0v) is 10.5. The lowest BCUT2D eigenvalue weighted by Crippen LogP contribution is -1.86. The van der Waals surface area contributed by atoms with Crippen molar-refractivity contribution < 1.29 is 9.15 Å². The highest BCUT2D eigenvalue weighted by Crippen LogP contribution is 2.31. The number of para-hydroxylation sites is 1. The number of nitrogens with zero attached hydrogens (tertiary/aromatic N) is 1. The normalized spacial score (nSPS) is 10.4. The van der Waals surface area contributed by atoms with Crippen LogP contribution in [0, 0.1) is 0 Å². The van der Waals surface area contributed by atoms with Crippen LogP contribution in [0.4, 0.5) is 0 Å². The van der Waals surface area contributed by atoms with E-state index in [2.05, 4.69) is 4.98 Å². The van der Waals surface area contributed by atoms with Gasteiger partial charge in [-0.05, 0) is 12.1 Å². The van der Waals surface area contributed by atoms with Crippen LogP contribution in [0.5, 0.6) is 5.75 Å². The van der Waals surface area contributed by atoms with Crippen LogP contribution in [0.25, 0.3) is 22.8 Å². The van der Waals surface area contributed by atoms with Crippen molar-refractivity contribution in [1.29, 1.82) is 0 Å². The van der Waals surface area contributed by atoms with E-state index < -0.39 is 0 Å². The fourth-order valence-corrected chi connectivity index (χ4v) is 1.96. The first-order valence-electron chi connectivity index (χ1n) is 6.03. The third-order valence-corrected chi connectivity index (χ3v) is 2.90. The zero-order chi connectivity index (χ0) is 13.1. The van der Waals surface area contributed by atoms with Gasteiger partial charge in [0.1, 0.15) is 5.75 Å². The third-order valence-electron chi connectivity index (χ3n) is 2.90. The Morgan fingerprint density at radius 1 is 0.947 bits per heavy atom. The molecule has 0 saturated carbocycles. The first-order chi connectivity index (χ1) is 9.38. The minimum atomic E-state index is 0.566. The zero-order valence-electron chi connectivity index (χ0n) is 10.5. The topological polar surface area (TPSA) is 35.3 Å². The Morgan fingerprint density at radius 2 is 1.68 bits per heavy atom. The second kappa shape index (κ2) is 4.98. The molecule has 0 atom stereocenters. The summed E-state index contributed by atoms with van der Waals surface area (Å²) in [5, 5.41) is 0. The first kappa shape index (κ1) is 11.5. The molecule has 0 bridgehead atoms. The van der Waals surface area contributed by atoms with Gasteiger partial charge < -0.3 is 9.15 Å². The number of benzene rings is 2. The van der Waals surface area contributed by atoms with Gasteiger partial charge in [-0.2, -0.15) is 0 Å². The lowest BCUT2D eigenvalue weighted by Gasteiger charge is -2.03. The summed E-state index contributed by atoms with van der Waals surface area (Å²) in [7, 11) is 1.64.